The fraction of sp³-hybridized carbons (Fsp3) is 0.143. The van der Waals surface area contributed by atoms with Gasteiger partial charge in [-0.1, -0.05) is 30.3 Å². The Hall–Kier alpha value is -3.94. The van der Waals surface area contributed by atoms with Gasteiger partial charge in [-0.25, -0.2) is 0 Å². The molecule has 29 heavy (non-hydrogen) atoms. The van der Waals surface area contributed by atoms with Gasteiger partial charge in [-0.2, -0.15) is 0 Å². The van der Waals surface area contributed by atoms with E-state index in [9.17, 15) is 10.1 Å². The third-order valence-electron chi connectivity index (χ3n) is 3.81. The Kier molecular flexibility index (Phi) is 7.67. The van der Waals surface area contributed by atoms with E-state index < -0.39 is 4.92 Å². The van der Waals surface area contributed by atoms with Gasteiger partial charge in [-0.15, -0.1) is 0 Å². The molecule has 0 aliphatic carbocycles. The van der Waals surface area contributed by atoms with Crippen LogP contribution in [0.1, 0.15) is 5.56 Å². The molecule has 0 aromatic heterocycles. The minimum absolute atomic E-state index is 0.0745. The van der Waals surface area contributed by atoms with E-state index in [1.807, 2.05) is 30.3 Å². The summed E-state index contributed by atoms with van der Waals surface area (Å²) in [6.07, 6.45) is 0. The van der Waals surface area contributed by atoms with Gasteiger partial charge >= 0.3 is 5.69 Å². The lowest BCUT2D eigenvalue weighted by Gasteiger charge is -2.08. The summed E-state index contributed by atoms with van der Waals surface area (Å²) in [5, 5.41) is 19.7. The Morgan fingerprint density at radius 3 is 2.24 bits per heavy atom. The molecule has 0 spiro atoms. The van der Waals surface area contributed by atoms with E-state index in [0.717, 1.165) is 5.56 Å². The molecule has 0 atom stereocenters. The van der Waals surface area contributed by atoms with Gasteiger partial charge in [0.25, 0.3) is 0 Å². The summed E-state index contributed by atoms with van der Waals surface area (Å²) < 4.78 is 15.4. The average Bonchev–Trinajstić information content (AvgIpc) is 2.74. The molecule has 0 aliphatic rings. The van der Waals surface area contributed by atoms with Gasteiger partial charge in [0, 0.05) is 18.2 Å². The van der Waals surface area contributed by atoms with Gasteiger partial charge in [0.05, 0.1) is 24.8 Å². The first-order valence-corrected chi connectivity index (χ1v) is 8.56. The van der Waals surface area contributed by atoms with Crippen molar-refractivity contribution >= 4 is 11.4 Å². The van der Waals surface area contributed by atoms with Crippen LogP contribution in [0.4, 0.5) is 11.4 Å². The second kappa shape index (κ2) is 10.4. The summed E-state index contributed by atoms with van der Waals surface area (Å²) in [5.41, 5.74) is 6.95. The molecule has 0 unspecified atom stereocenters. The molecule has 8 nitrogen and oxygen atoms in total. The predicted molar refractivity (Wildman–Crippen MR) is 109 cm³/mol. The maximum Gasteiger partial charge on any atom is 0.311 e. The van der Waals surface area contributed by atoms with E-state index in [1.165, 1.54) is 38.5 Å². The van der Waals surface area contributed by atoms with Crippen LogP contribution in [0.5, 0.6) is 23.0 Å². The number of benzene rings is 3. The van der Waals surface area contributed by atoms with Crippen LogP contribution in [0.25, 0.3) is 0 Å². The Balaban J connectivity index is 0.000000253. The number of nitro benzene ring substituents is 1. The van der Waals surface area contributed by atoms with E-state index in [1.54, 1.807) is 12.1 Å². The first-order chi connectivity index (χ1) is 13.9. The van der Waals surface area contributed by atoms with E-state index in [2.05, 4.69) is 0 Å². The van der Waals surface area contributed by atoms with Crippen LogP contribution in [0.3, 0.4) is 0 Å². The third kappa shape index (κ3) is 6.31. The molecule has 0 radical (unpaired) electrons. The van der Waals surface area contributed by atoms with E-state index in [-0.39, 0.29) is 17.2 Å². The number of hydrogen-bond donors (Lipinski definition) is 2. The van der Waals surface area contributed by atoms with Crippen molar-refractivity contribution in [2.45, 2.75) is 6.61 Å². The summed E-state index contributed by atoms with van der Waals surface area (Å²) in [7, 11) is 2.90. The van der Waals surface area contributed by atoms with Crippen LogP contribution in [0.2, 0.25) is 0 Å². The van der Waals surface area contributed by atoms with Crippen LogP contribution in [0.15, 0.2) is 66.7 Å². The standard InChI is InChI=1S/C14H13NO4.C7H9NO2/c1-18-14-9-12(7-8-13(14)15(16)17)19-10-11-5-3-2-4-6-11;1-10-7-4-5(9)2-3-6(7)8/h2-9H,10H2,1H3;2-4,9H,8H2,1H3. The summed E-state index contributed by atoms with van der Waals surface area (Å²) in [4.78, 5) is 10.3. The van der Waals surface area contributed by atoms with Crippen molar-refractivity contribution in [3.8, 4) is 23.0 Å². The first-order valence-electron chi connectivity index (χ1n) is 8.56. The second-order valence-electron chi connectivity index (χ2n) is 5.79. The Labute approximate surface area is 168 Å². The lowest BCUT2D eigenvalue weighted by molar-refractivity contribution is -0.385. The molecule has 0 fully saturated rings. The van der Waals surface area contributed by atoms with Crippen molar-refractivity contribution in [2.24, 2.45) is 0 Å². The molecule has 0 amide bonds. The Bertz CT molecular complexity index is 947. The maximum absolute atomic E-state index is 10.8. The van der Waals surface area contributed by atoms with E-state index in [0.29, 0.717) is 23.8 Å². The van der Waals surface area contributed by atoms with Gasteiger partial charge in [0.2, 0.25) is 5.75 Å². The highest BCUT2D eigenvalue weighted by Gasteiger charge is 2.15. The van der Waals surface area contributed by atoms with Gasteiger partial charge in [0.1, 0.15) is 23.9 Å². The van der Waals surface area contributed by atoms with Gasteiger partial charge < -0.3 is 25.1 Å². The fourth-order valence-corrected chi connectivity index (χ4v) is 2.34. The first kappa shape index (κ1) is 21.4. The summed E-state index contributed by atoms with van der Waals surface area (Å²) in [5.74, 6) is 1.38. The summed E-state index contributed by atoms with van der Waals surface area (Å²) >= 11 is 0. The number of nitrogen functional groups attached to an aromatic ring is 1. The molecule has 152 valence electrons. The average molecular weight is 398 g/mol. The molecular weight excluding hydrogens is 376 g/mol. The van der Waals surface area contributed by atoms with Crippen LogP contribution in [-0.4, -0.2) is 24.2 Å². The van der Waals surface area contributed by atoms with Gasteiger partial charge in [-0.3, -0.25) is 10.1 Å². The number of hydrogen-bond acceptors (Lipinski definition) is 7. The molecular formula is C21H22N2O6. The van der Waals surface area contributed by atoms with Crippen molar-refractivity contribution in [1.82, 2.24) is 0 Å². The molecule has 0 aliphatic heterocycles. The predicted octanol–water partition coefficient (Wildman–Crippen LogP) is 4.17. The smallest absolute Gasteiger partial charge is 0.311 e. The number of aromatic hydroxyl groups is 1. The summed E-state index contributed by atoms with van der Waals surface area (Å²) in [6.45, 7) is 0.405. The SMILES string of the molecule is COc1cc(O)ccc1N.COc1cc(OCc2ccccc2)ccc1[N+](=O)[O-]. The molecule has 0 saturated carbocycles. The van der Waals surface area contributed by atoms with E-state index in [4.69, 9.17) is 25.1 Å². The lowest BCUT2D eigenvalue weighted by Crippen LogP contribution is -1.97. The second-order valence-corrected chi connectivity index (χ2v) is 5.79. The molecule has 8 heteroatoms. The van der Waals surface area contributed by atoms with E-state index >= 15 is 0 Å². The number of nitrogens with zero attached hydrogens (tertiary/aromatic N) is 1. The number of ether oxygens (including phenoxy) is 3. The zero-order chi connectivity index (χ0) is 21.2. The van der Waals surface area contributed by atoms with Crippen LogP contribution < -0.4 is 19.9 Å². The Morgan fingerprint density at radius 1 is 0.966 bits per heavy atom. The monoisotopic (exact) mass is 398 g/mol. The minimum Gasteiger partial charge on any atom is -0.508 e. The molecule has 3 N–H and O–H groups in total. The van der Waals surface area contributed by atoms with Crippen LogP contribution >= 0.6 is 0 Å². The Morgan fingerprint density at radius 2 is 1.66 bits per heavy atom. The number of phenols is 1. The zero-order valence-corrected chi connectivity index (χ0v) is 16.1. The van der Waals surface area contributed by atoms with Crippen molar-refractivity contribution in [2.75, 3.05) is 20.0 Å². The maximum atomic E-state index is 10.8. The number of nitro groups is 1. The van der Waals surface area contributed by atoms with Gasteiger partial charge in [0.15, 0.2) is 0 Å². The topological polar surface area (TPSA) is 117 Å². The molecule has 0 saturated heterocycles. The van der Waals surface area contributed by atoms with Crippen molar-refractivity contribution in [1.29, 1.82) is 0 Å². The summed E-state index contributed by atoms with van der Waals surface area (Å²) in [6, 6.07) is 18.7. The normalized spacial score (nSPS) is 9.72. The number of anilines is 1. The molecule has 0 bridgehead atoms. The van der Waals surface area contributed by atoms with Crippen molar-refractivity contribution < 1.29 is 24.2 Å². The van der Waals surface area contributed by atoms with Crippen LogP contribution in [-0.2, 0) is 6.61 Å². The minimum atomic E-state index is -0.486. The number of rotatable bonds is 6. The highest BCUT2D eigenvalue weighted by Crippen LogP contribution is 2.31. The molecule has 0 heterocycles. The number of phenolic OH excluding ortho intramolecular Hbond substituents is 1. The van der Waals surface area contributed by atoms with Crippen LogP contribution in [0, 0.1) is 10.1 Å². The van der Waals surface area contributed by atoms with Gasteiger partial charge in [-0.05, 0) is 23.8 Å². The van der Waals surface area contributed by atoms with Crippen molar-refractivity contribution in [3.63, 3.8) is 0 Å². The molecule has 3 rings (SSSR count). The molecule has 3 aromatic rings. The number of nitrogens with two attached hydrogens (primary N) is 1. The highest BCUT2D eigenvalue weighted by atomic mass is 16.6. The number of methoxy groups -OCH3 is 2. The largest absolute Gasteiger partial charge is 0.508 e. The quantitative estimate of drug-likeness (QED) is 0.277. The lowest BCUT2D eigenvalue weighted by atomic mass is 10.2. The molecule has 3 aromatic carbocycles. The fourth-order valence-electron chi connectivity index (χ4n) is 2.34. The third-order valence-corrected chi connectivity index (χ3v) is 3.81. The zero-order valence-electron chi connectivity index (χ0n) is 16.1. The van der Waals surface area contributed by atoms with Crippen molar-refractivity contribution in [3.05, 3.63) is 82.4 Å². The highest BCUT2D eigenvalue weighted by molar-refractivity contribution is 5.55.